The van der Waals surface area contributed by atoms with Gasteiger partial charge < -0.3 is 53.0 Å². The lowest BCUT2D eigenvalue weighted by Crippen LogP contribution is -2.78. The Morgan fingerprint density at radius 2 is 1.98 bits per heavy atom. The van der Waals surface area contributed by atoms with Crippen molar-refractivity contribution in [3.63, 3.8) is 0 Å². The highest BCUT2D eigenvalue weighted by atomic mass is 16.5. The number of aliphatic imine (C=N–C) groups is 2. The van der Waals surface area contributed by atoms with Gasteiger partial charge in [0.2, 0.25) is 11.7 Å². The van der Waals surface area contributed by atoms with E-state index in [1.807, 2.05) is 19.9 Å². The maximum absolute atomic E-state index is 13.5. The molecular formula is C26H39N9O5. The van der Waals surface area contributed by atoms with Gasteiger partial charge in [0.25, 0.3) is 5.91 Å². The van der Waals surface area contributed by atoms with E-state index in [2.05, 4.69) is 39.8 Å². The van der Waals surface area contributed by atoms with Crippen LogP contribution in [0.5, 0.6) is 5.75 Å². The lowest BCUT2D eigenvalue weighted by Gasteiger charge is -2.49. The third-order valence-electron chi connectivity index (χ3n) is 8.58. The number of carbonyl (C=O) groups excluding carboxylic acids is 2. The second-order valence-corrected chi connectivity index (χ2v) is 11.9. The fourth-order valence-electron chi connectivity index (χ4n) is 6.06. The molecule has 2 amide bonds. The number of hydrogen-bond donors (Lipinski definition) is 8. The van der Waals surface area contributed by atoms with Crippen molar-refractivity contribution in [2.45, 2.75) is 75.1 Å². The number of guanidine groups is 2. The van der Waals surface area contributed by atoms with Gasteiger partial charge in [-0.2, -0.15) is 0 Å². The van der Waals surface area contributed by atoms with E-state index in [1.165, 1.54) is 4.90 Å². The number of hydrogen-bond acceptors (Lipinski definition) is 12. The van der Waals surface area contributed by atoms with Crippen LogP contribution in [-0.4, -0.2) is 94.2 Å². The predicted octanol–water partition coefficient (Wildman–Crippen LogP) is -2.38. The van der Waals surface area contributed by atoms with Crippen molar-refractivity contribution in [1.82, 2.24) is 20.9 Å². The molecule has 14 heteroatoms. The molecule has 0 aliphatic carbocycles. The van der Waals surface area contributed by atoms with Gasteiger partial charge in [-0.1, -0.05) is 39.8 Å². The predicted molar refractivity (Wildman–Crippen MR) is 147 cm³/mol. The van der Waals surface area contributed by atoms with E-state index in [4.69, 9.17) is 21.9 Å². The van der Waals surface area contributed by atoms with Crippen LogP contribution in [0, 0.1) is 5.92 Å². The molecule has 1 fully saturated rings. The van der Waals surface area contributed by atoms with Crippen molar-refractivity contribution in [2.75, 3.05) is 19.7 Å². The van der Waals surface area contributed by atoms with Crippen molar-refractivity contribution < 1.29 is 24.5 Å². The second-order valence-electron chi connectivity index (χ2n) is 11.9. The number of nitrogens with two attached hydrogens (primary N) is 3. The molecule has 5 atom stereocenters. The Morgan fingerprint density at radius 3 is 2.67 bits per heavy atom. The van der Waals surface area contributed by atoms with Gasteiger partial charge in [0.1, 0.15) is 17.8 Å². The van der Waals surface area contributed by atoms with Gasteiger partial charge >= 0.3 is 0 Å². The molecule has 1 spiro atoms. The lowest BCUT2D eigenvalue weighted by atomic mass is 9.79. The minimum Gasteiger partial charge on any atom is -0.492 e. The van der Waals surface area contributed by atoms with Gasteiger partial charge in [-0.3, -0.25) is 9.59 Å². The zero-order chi connectivity index (χ0) is 29.2. The summed E-state index contributed by atoms with van der Waals surface area (Å²) in [6, 6.07) is 1.65. The molecule has 0 saturated carbocycles. The maximum Gasteiger partial charge on any atom is 0.255 e. The third kappa shape index (κ3) is 4.12. The maximum atomic E-state index is 13.5. The van der Waals surface area contributed by atoms with Crippen molar-refractivity contribution in [3.8, 4) is 5.75 Å². The summed E-state index contributed by atoms with van der Waals surface area (Å²) >= 11 is 0. The van der Waals surface area contributed by atoms with Gasteiger partial charge in [0, 0.05) is 18.7 Å². The van der Waals surface area contributed by atoms with Crippen molar-refractivity contribution in [2.24, 2.45) is 33.1 Å². The largest absolute Gasteiger partial charge is 0.492 e. The number of nitrogens with one attached hydrogen (secondary N) is 3. The SMILES string of the molecule is CC(C)[C@H](N)C(=O)NC[C@@H]1N=C(N)N2CC(NC(=O)c3cccc4c3OCCC4(C)C)C(O)(O)C23NC(N)=NC13. The Hall–Kier alpha value is -3.62. The van der Waals surface area contributed by atoms with Gasteiger partial charge in [0.15, 0.2) is 17.6 Å². The molecule has 40 heavy (non-hydrogen) atoms. The van der Waals surface area contributed by atoms with Gasteiger partial charge in [-0.05, 0) is 23.8 Å². The smallest absolute Gasteiger partial charge is 0.255 e. The molecule has 1 aromatic carbocycles. The van der Waals surface area contributed by atoms with Crippen LogP contribution in [0.3, 0.4) is 0 Å². The molecule has 3 unspecified atom stereocenters. The molecule has 0 radical (unpaired) electrons. The molecule has 4 aliphatic heterocycles. The third-order valence-corrected chi connectivity index (χ3v) is 8.58. The molecule has 5 rings (SSSR count). The van der Waals surface area contributed by atoms with Gasteiger partial charge in [-0.25, -0.2) is 9.98 Å². The fourth-order valence-corrected chi connectivity index (χ4v) is 6.06. The summed E-state index contributed by atoms with van der Waals surface area (Å²) in [5.41, 5.74) is 17.6. The molecule has 14 nitrogen and oxygen atoms in total. The zero-order valence-electron chi connectivity index (χ0n) is 23.1. The average molecular weight is 558 g/mol. The molecule has 11 N–H and O–H groups in total. The minimum atomic E-state index is -2.61. The van der Waals surface area contributed by atoms with Crippen LogP contribution in [0.1, 0.15) is 50.0 Å². The summed E-state index contributed by atoms with van der Waals surface area (Å²) in [6.45, 7) is 8.18. The number of amides is 2. The Labute approximate surface area is 232 Å². The summed E-state index contributed by atoms with van der Waals surface area (Å²) < 4.78 is 5.89. The minimum absolute atomic E-state index is 0.0188. The molecule has 0 aromatic heterocycles. The number of ether oxygens (including phenoxy) is 1. The first-order chi connectivity index (χ1) is 18.7. The number of para-hydroxylation sites is 1. The van der Waals surface area contributed by atoms with E-state index in [0.717, 1.165) is 12.0 Å². The number of benzene rings is 1. The number of carbonyl (C=O) groups is 2. The van der Waals surface area contributed by atoms with E-state index in [0.29, 0.717) is 17.9 Å². The van der Waals surface area contributed by atoms with E-state index in [1.54, 1.807) is 12.1 Å². The second kappa shape index (κ2) is 9.49. The first-order valence-corrected chi connectivity index (χ1v) is 13.5. The Morgan fingerprint density at radius 1 is 1.25 bits per heavy atom. The number of aliphatic hydroxyl groups is 2. The van der Waals surface area contributed by atoms with Crippen LogP contribution < -0.4 is 37.9 Å². The summed E-state index contributed by atoms with van der Waals surface area (Å²) in [5.74, 6) is -3.20. The molecule has 0 bridgehead atoms. The fraction of sp³-hybridized carbons (Fsp3) is 0.615. The summed E-state index contributed by atoms with van der Waals surface area (Å²) in [5, 5.41) is 31.8. The van der Waals surface area contributed by atoms with Crippen molar-refractivity contribution in [1.29, 1.82) is 0 Å². The highest BCUT2D eigenvalue weighted by molar-refractivity contribution is 5.98. The lowest BCUT2D eigenvalue weighted by molar-refractivity contribution is -0.230. The van der Waals surface area contributed by atoms with Crippen LogP contribution in [0.25, 0.3) is 0 Å². The highest BCUT2D eigenvalue weighted by Crippen LogP contribution is 2.45. The van der Waals surface area contributed by atoms with E-state index >= 15 is 0 Å². The summed E-state index contributed by atoms with van der Waals surface area (Å²) in [6.07, 6.45) is 0.805. The van der Waals surface area contributed by atoms with E-state index < -0.39 is 41.5 Å². The van der Waals surface area contributed by atoms with Gasteiger partial charge in [0.05, 0.1) is 24.3 Å². The van der Waals surface area contributed by atoms with Crippen molar-refractivity contribution >= 4 is 23.7 Å². The van der Waals surface area contributed by atoms with Crippen LogP contribution in [-0.2, 0) is 10.2 Å². The Kier molecular flexibility index (Phi) is 6.63. The molecule has 218 valence electrons. The zero-order valence-corrected chi connectivity index (χ0v) is 23.1. The molecule has 1 saturated heterocycles. The van der Waals surface area contributed by atoms with E-state index in [-0.39, 0.29) is 42.2 Å². The van der Waals surface area contributed by atoms with Crippen LogP contribution in [0.4, 0.5) is 0 Å². The molecule has 4 aliphatic rings. The topological polar surface area (TPSA) is 226 Å². The molecule has 1 aromatic rings. The number of nitrogens with zero attached hydrogens (tertiary/aromatic N) is 3. The number of fused-ring (bicyclic) bond motifs is 1. The standard InChI is InChI=1S/C26H39N9O5/c1-12(2)17(27)21(37)30-10-15-19-25(34-22(28)33-19)26(38,39)16(11-35(25)23(29)31-15)32-20(36)13-6-5-7-14-18(13)40-9-8-24(14,3)4/h5-7,12,15-17,19,38-39H,8-11,27H2,1-4H3,(H2,29,31)(H,30,37)(H,32,36)(H3,28,33,34)/t15-,16?,17-,19?,25?/m0/s1. The van der Waals surface area contributed by atoms with E-state index in [9.17, 15) is 19.8 Å². The Balaban J connectivity index is 1.42. The highest BCUT2D eigenvalue weighted by Gasteiger charge is 2.73. The summed E-state index contributed by atoms with van der Waals surface area (Å²) in [4.78, 5) is 36.4. The van der Waals surface area contributed by atoms with Gasteiger partial charge in [-0.15, -0.1) is 0 Å². The monoisotopic (exact) mass is 557 g/mol. The Bertz CT molecular complexity index is 1280. The van der Waals surface area contributed by atoms with Crippen molar-refractivity contribution in [3.05, 3.63) is 29.3 Å². The normalized spacial score (nSPS) is 30.1. The van der Waals surface area contributed by atoms with Crippen LogP contribution in [0.2, 0.25) is 0 Å². The van der Waals surface area contributed by atoms with Crippen LogP contribution >= 0.6 is 0 Å². The molecule has 4 heterocycles. The molecular weight excluding hydrogens is 518 g/mol. The first kappa shape index (κ1) is 27.9. The number of rotatable bonds is 6. The average Bonchev–Trinajstić information content (AvgIpc) is 3.35. The van der Waals surface area contributed by atoms with Crippen LogP contribution in [0.15, 0.2) is 28.2 Å². The quantitative estimate of drug-likeness (QED) is 0.173. The first-order valence-electron chi connectivity index (χ1n) is 13.5. The summed E-state index contributed by atoms with van der Waals surface area (Å²) in [7, 11) is 0.